The van der Waals surface area contributed by atoms with Gasteiger partial charge in [0.25, 0.3) is 11.8 Å². The third-order valence-electron chi connectivity index (χ3n) is 5.34. The second-order valence-corrected chi connectivity index (χ2v) is 8.11. The van der Waals surface area contributed by atoms with Crippen LogP contribution in [0.5, 0.6) is 0 Å². The van der Waals surface area contributed by atoms with E-state index >= 15 is 0 Å². The van der Waals surface area contributed by atoms with Crippen molar-refractivity contribution in [2.45, 2.75) is 25.9 Å². The van der Waals surface area contributed by atoms with Gasteiger partial charge in [0.1, 0.15) is 0 Å². The number of anilines is 1. The number of carbonyl (C=O) groups excluding carboxylic acids is 2. The molecule has 0 saturated carbocycles. The largest absolute Gasteiger partial charge is 0.376 e. The zero-order chi connectivity index (χ0) is 23.4. The van der Waals surface area contributed by atoms with Gasteiger partial charge in [-0.2, -0.15) is 5.10 Å². The monoisotopic (exact) mass is 466 g/mol. The lowest BCUT2D eigenvalue weighted by Crippen LogP contribution is -2.33. The number of rotatable bonds is 6. The molecule has 0 radical (unpaired) electrons. The van der Waals surface area contributed by atoms with E-state index in [4.69, 9.17) is 16.3 Å². The Balaban J connectivity index is 1.58. The highest BCUT2D eigenvalue weighted by atomic mass is 35.5. The Bertz CT molecular complexity index is 1250. The first-order chi connectivity index (χ1) is 15.9. The van der Waals surface area contributed by atoms with Crippen molar-refractivity contribution in [3.63, 3.8) is 0 Å². The van der Waals surface area contributed by atoms with Gasteiger partial charge in [0.15, 0.2) is 5.69 Å². The summed E-state index contributed by atoms with van der Waals surface area (Å²) in [6.45, 7) is 2.79. The molecule has 33 heavy (non-hydrogen) atoms. The SMILES string of the molecule is Cc1cc(=O)c(C(=O)Nc2ccccc2C(=O)NCC2CCCO2)nn1-c1ccccc1Cl. The van der Waals surface area contributed by atoms with Crippen LogP contribution in [0.1, 0.15) is 39.4 Å². The molecule has 1 unspecified atom stereocenters. The topological polar surface area (TPSA) is 102 Å². The van der Waals surface area contributed by atoms with Crippen LogP contribution in [0.4, 0.5) is 5.69 Å². The summed E-state index contributed by atoms with van der Waals surface area (Å²) < 4.78 is 6.97. The molecule has 2 aromatic carbocycles. The molecule has 0 spiro atoms. The Morgan fingerprint density at radius 2 is 1.91 bits per heavy atom. The van der Waals surface area contributed by atoms with E-state index in [0.717, 1.165) is 12.8 Å². The highest BCUT2D eigenvalue weighted by Gasteiger charge is 2.21. The summed E-state index contributed by atoms with van der Waals surface area (Å²) >= 11 is 6.27. The summed E-state index contributed by atoms with van der Waals surface area (Å²) in [4.78, 5) is 38.2. The molecule has 3 aromatic rings. The van der Waals surface area contributed by atoms with Crippen LogP contribution in [0.25, 0.3) is 5.69 Å². The molecule has 2 amide bonds. The fourth-order valence-corrected chi connectivity index (χ4v) is 3.87. The molecule has 1 saturated heterocycles. The number of para-hydroxylation sites is 2. The fraction of sp³-hybridized carbons (Fsp3) is 0.250. The van der Waals surface area contributed by atoms with Gasteiger partial charge in [-0.1, -0.05) is 35.9 Å². The van der Waals surface area contributed by atoms with Crippen LogP contribution in [0.15, 0.2) is 59.4 Å². The lowest BCUT2D eigenvalue weighted by atomic mass is 10.1. The van der Waals surface area contributed by atoms with Gasteiger partial charge >= 0.3 is 0 Å². The van der Waals surface area contributed by atoms with Crippen LogP contribution < -0.4 is 16.1 Å². The standard InChI is InChI=1S/C24H23ClN4O4/c1-15-13-21(30)22(28-29(15)20-11-5-3-9-18(20)25)24(32)27-19-10-4-2-8-17(19)23(31)26-14-16-7-6-12-33-16/h2-5,8-11,13,16H,6-7,12,14H2,1H3,(H,26,31)(H,27,32). The zero-order valence-corrected chi connectivity index (χ0v) is 18.8. The Labute approximate surface area is 195 Å². The van der Waals surface area contributed by atoms with E-state index in [0.29, 0.717) is 29.6 Å². The van der Waals surface area contributed by atoms with Crippen molar-refractivity contribution in [2.75, 3.05) is 18.5 Å². The van der Waals surface area contributed by atoms with Gasteiger partial charge in [0.2, 0.25) is 5.43 Å². The van der Waals surface area contributed by atoms with E-state index < -0.39 is 11.3 Å². The van der Waals surface area contributed by atoms with Crippen LogP contribution in [0, 0.1) is 6.92 Å². The molecule has 1 aromatic heterocycles. The van der Waals surface area contributed by atoms with Crippen LogP contribution in [0.2, 0.25) is 5.02 Å². The average Bonchev–Trinajstić information content (AvgIpc) is 3.32. The number of aryl methyl sites for hydroxylation is 1. The number of halogens is 1. The predicted octanol–water partition coefficient (Wildman–Crippen LogP) is 3.36. The van der Waals surface area contributed by atoms with Crippen molar-refractivity contribution in [3.8, 4) is 5.69 Å². The van der Waals surface area contributed by atoms with Crippen LogP contribution in [-0.4, -0.2) is 40.9 Å². The molecule has 8 nitrogen and oxygen atoms in total. The summed E-state index contributed by atoms with van der Waals surface area (Å²) in [5, 5.41) is 10.2. The molecular weight excluding hydrogens is 444 g/mol. The molecule has 1 aliphatic heterocycles. The summed E-state index contributed by atoms with van der Waals surface area (Å²) in [6, 6.07) is 14.9. The quantitative estimate of drug-likeness (QED) is 0.580. The summed E-state index contributed by atoms with van der Waals surface area (Å²) in [6.07, 6.45) is 1.87. The normalized spacial score (nSPS) is 15.3. The van der Waals surface area contributed by atoms with Gasteiger partial charge in [-0.15, -0.1) is 0 Å². The van der Waals surface area contributed by atoms with Crippen molar-refractivity contribution >= 4 is 29.1 Å². The lowest BCUT2D eigenvalue weighted by molar-refractivity contribution is 0.0858. The van der Waals surface area contributed by atoms with Crippen molar-refractivity contribution in [1.29, 1.82) is 0 Å². The summed E-state index contributed by atoms with van der Waals surface area (Å²) in [7, 11) is 0. The number of amides is 2. The minimum atomic E-state index is -0.722. The average molecular weight is 467 g/mol. The maximum absolute atomic E-state index is 13.0. The number of aromatic nitrogens is 2. The molecule has 1 aliphatic rings. The van der Waals surface area contributed by atoms with Crippen molar-refractivity contribution in [3.05, 3.63) is 86.8 Å². The van der Waals surface area contributed by atoms with Gasteiger partial charge < -0.3 is 15.4 Å². The third kappa shape index (κ3) is 5.13. The molecule has 2 N–H and O–H groups in total. The third-order valence-corrected chi connectivity index (χ3v) is 5.66. The van der Waals surface area contributed by atoms with Gasteiger partial charge in [0.05, 0.1) is 28.1 Å². The molecule has 1 atom stereocenters. The summed E-state index contributed by atoms with van der Waals surface area (Å²) in [5.74, 6) is -1.06. The highest BCUT2D eigenvalue weighted by Crippen LogP contribution is 2.20. The number of carbonyl (C=O) groups is 2. The molecule has 0 bridgehead atoms. The van der Waals surface area contributed by atoms with Crippen molar-refractivity contribution < 1.29 is 14.3 Å². The van der Waals surface area contributed by atoms with E-state index in [2.05, 4.69) is 15.7 Å². The van der Waals surface area contributed by atoms with Gasteiger partial charge in [-0.05, 0) is 44.0 Å². The minimum absolute atomic E-state index is 0.00394. The van der Waals surface area contributed by atoms with E-state index in [1.807, 2.05) is 0 Å². The highest BCUT2D eigenvalue weighted by molar-refractivity contribution is 6.32. The number of hydrogen-bond acceptors (Lipinski definition) is 5. The molecule has 2 heterocycles. The van der Waals surface area contributed by atoms with E-state index in [-0.39, 0.29) is 29.0 Å². The smallest absolute Gasteiger partial charge is 0.280 e. The Hall–Kier alpha value is -3.49. The Morgan fingerprint density at radius 1 is 1.15 bits per heavy atom. The van der Waals surface area contributed by atoms with Gasteiger partial charge in [-0.25, -0.2) is 4.68 Å². The van der Waals surface area contributed by atoms with E-state index in [1.165, 1.54) is 10.7 Å². The van der Waals surface area contributed by atoms with Crippen LogP contribution in [0.3, 0.4) is 0 Å². The number of nitrogens with one attached hydrogen (secondary N) is 2. The zero-order valence-electron chi connectivity index (χ0n) is 18.0. The fourth-order valence-electron chi connectivity index (χ4n) is 3.65. The minimum Gasteiger partial charge on any atom is -0.376 e. The first-order valence-corrected chi connectivity index (χ1v) is 11.0. The van der Waals surface area contributed by atoms with Crippen LogP contribution >= 0.6 is 11.6 Å². The number of ether oxygens (including phenoxy) is 1. The van der Waals surface area contributed by atoms with Gasteiger partial charge in [0, 0.05) is 24.9 Å². The maximum Gasteiger partial charge on any atom is 0.280 e. The number of nitrogens with zero attached hydrogens (tertiary/aromatic N) is 2. The second kappa shape index (κ2) is 9.97. The molecule has 170 valence electrons. The molecule has 1 fully saturated rings. The Kier molecular flexibility index (Phi) is 6.86. The number of hydrogen-bond donors (Lipinski definition) is 2. The van der Waals surface area contributed by atoms with E-state index in [9.17, 15) is 14.4 Å². The molecule has 4 rings (SSSR count). The second-order valence-electron chi connectivity index (χ2n) is 7.71. The number of benzene rings is 2. The van der Waals surface area contributed by atoms with Crippen molar-refractivity contribution in [1.82, 2.24) is 15.1 Å². The first kappa shape index (κ1) is 22.7. The first-order valence-electron chi connectivity index (χ1n) is 10.6. The maximum atomic E-state index is 13.0. The lowest BCUT2D eigenvalue weighted by Gasteiger charge is -2.15. The summed E-state index contributed by atoms with van der Waals surface area (Å²) in [5.41, 5.74) is 0.780. The molecular formula is C24H23ClN4O4. The van der Waals surface area contributed by atoms with Crippen LogP contribution in [-0.2, 0) is 4.74 Å². The molecule has 0 aliphatic carbocycles. The van der Waals surface area contributed by atoms with Gasteiger partial charge in [-0.3, -0.25) is 14.4 Å². The predicted molar refractivity (Wildman–Crippen MR) is 125 cm³/mol. The molecule has 9 heteroatoms. The Morgan fingerprint density at radius 3 is 2.67 bits per heavy atom. The van der Waals surface area contributed by atoms with Crippen molar-refractivity contribution in [2.24, 2.45) is 0 Å². The van der Waals surface area contributed by atoms with E-state index in [1.54, 1.807) is 55.5 Å².